The predicted octanol–water partition coefficient (Wildman–Crippen LogP) is 20.3. The van der Waals surface area contributed by atoms with Gasteiger partial charge in [-0.3, -0.25) is 0 Å². The van der Waals surface area contributed by atoms with Gasteiger partial charge in [0.1, 0.15) is 0 Å². The zero-order chi connectivity index (χ0) is 57.9. The van der Waals surface area contributed by atoms with E-state index >= 15 is 0 Å². The molecule has 410 valence electrons. The summed E-state index contributed by atoms with van der Waals surface area (Å²) in [6.07, 6.45) is 0. The van der Waals surface area contributed by atoms with Crippen molar-refractivity contribution in [2.75, 3.05) is 14.7 Å². The summed E-state index contributed by atoms with van der Waals surface area (Å²) in [5.74, 6) is 0. The number of benzene rings is 13. The average Bonchev–Trinajstić information content (AvgIpc) is 1.95. The minimum absolute atomic E-state index is 0.0555. The standard InChI is InChI=1S/C82H59BN4/c1-82(2,3)60-41-36-56(37-42-60)57-38-43-63(44-39-57)85-77-51-64(86-74-34-20-18-32-68(74)69-33-19-21-35-75(69)86)45-46-72(77)83-73-50-59(55-24-10-5-11-25-55)49-71-67-31-17-16-30-66(67)70-48-58(54-22-8-4-9-23-54)40-47-76(70)87(81(71)73)79-53-65(52-78(85)80(79)83)84(61-26-12-6-13-27-61)62-28-14-7-15-29-62/h4-53H,1-3H3. The monoisotopic (exact) mass is 1110 g/mol. The quantitative estimate of drug-likeness (QED) is 0.141. The van der Waals surface area contributed by atoms with Gasteiger partial charge < -0.3 is 19.3 Å². The molecule has 0 bridgehead atoms. The molecule has 3 aliphatic heterocycles. The van der Waals surface area contributed by atoms with Gasteiger partial charge >= 0.3 is 0 Å². The third-order valence-electron chi connectivity index (χ3n) is 18.4. The van der Waals surface area contributed by atoms with Crippen LogP contribution in [0.2, 0.25) is 0 Å². The van der Waals surface area contributed by atoms with Crippen molar-refractivity contribution in [1.29, 1.82) is 0 Å². The summed E-state index contributed by atoms with van der Waals surface area (Å²) in [4.78, 5) is 7.68. The van der Waals surface area contributed by atoms with E-state index in [4.69, 9.17) is 0 Å². The Morgan fingerprint density at radius 3 is 1.40 bits per heavy atom. The lowest BCUT2D eigenvalue weighted by Gasteiger charge is -2.45. The minimum atomic E-state index is -0.184. The van der Waals surface area contributed by atoms with Gasteiger partial charge in [0.15, 0.2) is 0 Å². The van der Waals surface area contributed by atoms with E-state index in [1.54, 1.807) is 0 Å². The van der Waals surface area contributed by atoms with Crippen LogP contribution in [0.15, 0.2) is 303 Å². The molecular formula is C82H59BN4. The second-order valence-electron chi connectivity index (χ2n) is 24.5. The van der Waals surface area contributed by atoms with Gasteiger partial charge in [-0.15, -0.1) is 0 Å². The Hall–Kier alpha value is -10.9. The number of rotatable bonds is 8. The van der Waals surface area contributed by atoms with Gasteiger partial charge in [-0.05, 0) is 163 Å². The van der Waals surface area contributed by atoms with Crippen LogP contribution in [0.5, 0.6) is 0 Å². The van der Waals surface area contributed by atoms with Crippen molar-refractivity contribution in [3.05, 3.63) is 309 Å². The van der Waals surface area contributed by atoms with Crippen molar-refractivity contribution in [2.45, 2.75) is 26.2 Å². The van der Waals surface area contributed by atoms with E-state index in [0.29, 0.717) is 0 Å². The molecule has 4 nitrogen and oxygen atoms in total. The van der Waals surface area contributed by atoms with Crippen molar-refractivity contribution in [3.63, 3.8) is 0 Å². The van der Waals surface area contributed by atoms with Crippen LogP contribution in [0.25, 0.3) is 83.1 Å². The maximum absolute atomic E-state index is 2.65. The van der Waals surface area contributed by atoms with Crippen molar-refractivity contribution in [3.8, 4) is 61.3 Å². The molecule has 13 aromatic carbocycles. The number of aromatic nitrogens is 1. The zero-order valence-electron chi connectivity index (χ0n) is 48.7. The maximum atomic E-state index is 2.65. The number of nitrogens with zero attached hydrogens (tertiary/aromatic N) is 4. The number of fused-ring (bicyclic) bond motifs is 12. The lowest BCUT2D eigenvalue weighted by Crippen LogP contribution is -2.61. The first-order chi connectivity index (χ1) is 42.8. The van der Waals surface area contributed by atoms with E-state index in [1.807, 2.05) is 0 Å². The Morgan fingerprint density at radius 1 is 0.310 bits per heavy atom. The molecule has 0 atom stereocenters. The molecule has 0 saturated carbocycles. The van der Waals surface area contributed by atoms with Crippen LogP contribution >= 0.6 is 0 Å². The topological polar surface area (TPSA) is 14.7 Å². The fourth-order valence-electron chi connectivity index (χ4n) is 14.4. The predicted molar refractivity (Wildman–Crippen MR) is 369 cm³/mol. The van der Waals surface area contributed by atoms with E-state index in [0.717, 1.165) is 51.2 Å². The van der Waals surface area contributed by atoms with Crippen LogP contribution in [0.1, 0.15) is 26.3 Å². The van der Waals surface area contributed by atoms with Crippen molar-refractivity contribution >= 4 is 96.1 Å². The van der Waals surface area contributed by atoms with E-state index in [-0.39, 0.29) is 12.1 Å². The molecule has 1 aromatic heterocycles. The molecule has 0 saturated heterocycles. The molecule has 0 unspecified atom stereocenters. The number of hydrogen-bond donors (Lipinski definition) is 0. The van der Waals surface area contributed by atoms with E-state index in [2.05, 4.69) is 343 Å². The van der Waals surface area contributed by atoms with Gasteiger partial charge in [-0.25, -0.2) is 0 Å². The molecule has 0 amide bonds. The fraction of sp³-hybridized carbons (Fsp3) is 0.0488. The SMILES string of the molecule is CC(C)(C)c1ccc(-c2ccc(N3c4cc(-n5c6ccccc6c6ccccc65)ccc4B4c5cc(-c6ccccc6)cc6c5N(c5ccc(-c7ccccc7)cc5-c5ccccc5-6)c5cc(N(c6ccccc6)c6ccccc6)cc3c54)cc2)cc1. The van der Waals surface area contributed by atoms with Gasteiger partial charge in [-0.2, -0.15) is 0 Å². The van der Waals surface area contributed by atoms with E-state index in [9.17, 15) is 0 Å². The highest BCUT2D eigenvalue weighted by atomic mass is 15.2. The van der Waals surface area contributed by atoms with Crippen LogP contribution < -0.4 is 31.1 Å². The first-order valence-corrected chi connectivity index (χ1v) is 30.4. The first kappa shape index (κ1) is 50.6. The normalized spacial score (nSPS) is 12.7. The van der Waals surface area contributed by atoms with Gasteiger partial charge in [0, 0.05) is 67.4 Å². The van der Waals surface area contributed by atoms with Crippen LogP contribution in [0, 0.1) is 0 Å². The first-order valence-electron chi connectivity index (χ1n) is 30.4. The highest BCUT2D eigenvalue weighted by Crippen LogP contribution is 2.56. The Morgan fingerprint density at radius 2 is 0.793 bits per heavy atom. The third kappa shape index (κ3) is 8.14. The summed E-state index contributed by atoms with van der Waals surface area (Å²) in [6, 6.07) is 113. The summed E-state index contributed by atoms with van der Waals surface area (Å²) in [7, 11) is 0. The molecule has 17 rings (SSSR count). The van der Waals surface area contributed by atoms with Crippen LogP contribution in [0.4, 0.5) is 51.2 Å². The molecule has 4 heterocycles. The summed E-state index contributed by atoms with van der Waals surface area (Å²) < 4.78 is 2.47. The Bertz CT molecular complexity index is 4920. The Kier molecular flexibility index (Phi) is 11.6. The summed E-state index contributed by atoms with van der Waals surface area (Å²) >= 11 is 0. The average molecular weight is 1110 g/mol. The fourth-order valence-corrected chi connectivity index (χ4v) is 14.4. The molecule has 3 aliphatic rings. The second kappa shape index (κ2) is 19.9. The summed E-state index contributed by atoms with van der Waals surface area (Å²) in [5.41, 5.74) is 30.6. The minimum Gasteiger partial charge on any atom is -0.311 e. The van der Waals surface area contributed by atoms with Crippen LogP contribution in [0.3, 0.4) is 0 Å². The second-order valence-corrected chi connectivity index (χ2v) is 24.5. The molecule has 0 radical (unpaired) electrons. The number of para-hydroxylation sites is 4. The highest BCUT2D eigenvalue weighted by molar-refractivity contribution is 7.00. The van der Waals surface area contributed by atoms with Crippen molar-refractivity contribution < 1.29 is 0 Å². The van der Waals surface area contributed by atoms with Crippen LogP contribution in [-0.4, -0.2) is 11.3 Å². The molecule has 87 heavy (non-hydrogen) atoms. The van der Waals surface area contributed by atoms with Gasteiger partial charge in [-0.1, -0.05) is 233 Å². The van der Waals surface area contributed by atoms with E-state index in [1.165, 1.54) is 105 Å². The molecular weight excluding hydrogens is 1050 g/mol. The smallest absolute Gasteiger partial charge is 0.252 e. The number of hydrogen-bond acceptors (Lipinski definition) is 3. The van der Waals surface area contributed by atoms with Crippen molar-refractivity contribution in [1.82, 2.24) is 4.57 Å². The number of anilines is 9. The Labute approximate surface area is 508 Å². The molecule has 0 spiro atoms. The van der Waals surface area contributed by atoms with E-state index < -0.39 is 0 Å². The van der Waals surface area contributed by atoms with Gasteiger partial charge in [0.25, 0.3) is 6.71 Å². The van der Waals surface area contributed by atoms with Crippen molar-refractivity contribution in [2.24, 2.45) is 0 Å². The molecule has 0 N–H and O–H groups in total. The Balaban J connectivity index is 1.00. The maximum Gasteiger partial charge on any atom is 0.252 e. The highest BCUT2D eigenvalue weighted by Gasteiger charge is 2.46. The van der Waals surface area contributed by atoms with Crippen LogP contribution in [-0.2, 0) is 5.41 Å². The lowest BCUT2D eigenvalue weighted by molar-refractivity contribution is 0.590. The third-order valence-corrected chi connectivity index (χ3v) is 18.4. The molecule has 5 heteroatoms. The lowest BCUT2D eigenvalue weighted by atomic mass is 9.33. The molecule has 0 fully saturated rings. The van der Waals surface area contributed by atoms with Gasteiger partial charge in [0.05, 0.1) is 22.4 Å². The molecule has 0 aliphatic carbocycles. The summed E-state index contributed by atoms with van der Waals surface area (Å²) in [6.45, 7) is 6.66. The largest absolute Gasteiger partial charge is 0.311 e. The molecule has 14 aromatic rings. The zero-order valence-corrected chi connectivity index (χ0v) is 48.7. The summed E-state index contributed by atoms with van der Waals surface area (Å²) in [5, 5.41) is 2.47. The van der Waals surface area contributed by atoms with Gasteiger partial charge in [0.2, 0.25) is 0 Å².